The second kappa shape index (κ2) is 2.99. The summed E-state index contributed by atoms with van der Waals surface area (Å²) in [5.41, 5.74) is 7.07. The lowest BCUT2D eigenvalue weighted by molar-refractivity contribution is 0.0409. The lowest BCUT2D eigenvalue weighted by Crippen LogP contribution is -2.43. The molecule has 0 spiro atoms. The fourth-order valence-electron chi connectivity index (χ4n) is 1.92. The van der Waals surface area contributed by atoms with Gasteiger partial charge >= 0.3 is 0 Å². The molecule has 76 valence electrons. The lowest BCUT2D eigenvalue weighted by Gasteiger charge is -2.32. The van der Waals surface area contributed by atoms with Gasteiger partial charge in [-0.1, -0.05) is 32.0 Å². The Balaban J connectivity index is 2.43. The summed E-state index contributed by atoms with van der Waals surface area (Å²) in [7, 11) is 0. The first-order valence-electron chi connectivity index (χ1n) is 5.09. The fourth-order valence-corrected chi connectivity index (χ4v) is 1.92. The van der Waals surface area contributed by atoms with Crippen LogP contribution < -0.4 is 10.5 Å². The van der Waals surface area contributed by atoms with Crippen LogP contribution in [0.2, 0.25) is 0 Å². The van der Waals surface area contributed by atoms with Crippen molar-refractivity contribution in [2.45, 2.75) is 32.4 Å². The Labute approximate surface area is 85.1 Å². The molecule has 1 heterocycles. The van der Waals surface area contributed by atoms with Gasteiger partial charge in [-0.05, 0) is 18.9 Å². The Morgan fingerprint density at radius 3 is 2.57 bits per heavy atom. The Hall–Kier alpha value is -1.02. The summed E-state index contributed by atoms with van der Waals surface area (Å²) in [6.07, 6.45) is 0. The number of rotatable bonds is 1. The molecule has 2 rings (SSSR count). The van der Waals surface area contributed by atoms with E-state index < -0.39 is 0 Å². The minimum absolute atomic E-state index is 0.0151. The third-order valence-electron chi connectivity index (χ3n) is 3.35. The van der Waals surface area contributed by atoms with Gasteiger partial charge in [0.2, 0.25) is 0 Å². The first-order chi connectivity index (χ1) is 6.55. The van der Waals surface area contributed by atoms with Gasteiger partial charge in [-0.2, -0.15) is 0 Å². The molecule has 1 unspecified atom stereocenters. The van der Waals surface area contributed by atoms with Gasteiger partial charge in [0.1, 0.15) is 11.4 Å². The molecule has 0 aromatic heterocycles. The van der Waals surface area contributed by atoms with Crippen molar-refractivity contribution in [3.8, 4) is 5.75 Å². The van der Waals surface area contributed by atoms with E-state index in [0.29, 0.717) is 5.92 Å². The molecule has 2 atom stereocenters. The summed E-state index contributed by atoms with van der Waals surface area (Å²) >= 11 is 0. The molecule has 0 saturated carbocycles. The van der Waals surface area contributed by atoms with Crippen molar-refractivity contribution in [2.24, 2.45) is 11.7 Å². The van der Waals surface area contributed by atoms with Gasteiger partial charge in [0.05, 0.1) is 6.04 Å². The summed E-state index contributed by atoms with van der Waals surface area (Å²) in [5.74, 6) is 1.35. The zero-order chi connectivity index (χ0) is 10.3. The normalized spacial score (nSPS) is 30.2. The van der Waals surface area contributed by atoms with Crippen molar-refractivity contribution in [2.75, 3.05) is 0 Å². The van der Waals surface area contributed by atoms with E-state index in [0.717, 1.165) is 11.3 Å². The highest BCUT2D eigenvalue weighted by molar-refractivity contribution is 5.42. The van der Waals surface area contributed by atoms with Crippen LogP contribution in [0.15, 0.2) is 24.3 Å². The molecule has 2 heteroatoms. The zero-order valence-electron chi connectivity index (χ0n) is 8.95. The van der Waals surface area contributed by atoms with E-state index in [2.05, 4.69) is 20.8 Å². The van der Waals surface area contributed by atoms with Gasteiger partial charge in [-0.25, -0.2) is 0 Å². The summed E-state index contributed by atoms with van der Waals surface area (Å²) in [6, 6.07) is 8.01. The number of hydrogen-bond donors (Lipinski definition) is 1. The number of fused-ring (bicyclic) bond motifs is 1. The third kappa shape index (κ3) is 1.14. The fraction of sp³-hybridized carbons (Fsp3) is 0.500. The molecule has 0 bridgehead atoms. The number of nitrogens with two attached hydrogens (primary N) is 1. The first-order valence-corrected chi connectivity index (χ1v) is 5.09. The Kier molecular flexibility index (Phi) is 2.04. The average molecular weight is 191 g/mol. The van der Waals surface area contributed by atoms with Crippen LogP contribution in [-0.2, 0) is 0 Å². The summed E-state index contributed by atoms with van der Waals surface area (Å²) in [4.78, 5) is 0. The average Bonchev–Trinajstić information content (AvgIpc) is 2.42. The predicted molar refractivity (Wildman–Crippen MR) is 57.2 cm³/mol. The maximum absolute atomic E-state index is 6.20. The van der Waals surface area contributed by atoms with E-state index in [1.54, 1.807) is 0 Å². The molecule has 1 aliphatic heterocycles. The van der Waals surface area contributed by atoms with Crippen LogP contribution in [0.4, 0.5) is 0 Å². The van der Waals surface area contributed by atoms with Crippen molar-refractivity contribution < 1.29 is 4.74 Å². The van der Waals surface area contributed by atoms with Crippen LogP contribution in [0, 0.1) is 5.92 Å². The van der Waals surface area contributed by atoms with Crippen molar-refractivity contribution in [3.63, 3.8) is 0 Å². The van der Waals surface area contributed by atoms with E-state index in [4.69, 9.17) is 10.5 Å². The highest BCUT2D eigenvalue weighted by Crippen LogP contribution is 2.44. The SMILES string of the molecule is CC(C)C1(C)Oc2ccccc2[C@H]1N. The maximum atomic E-state index is 6.20. The highest BCUT2D eigenvalue weighted by atomic mass is 16.5. The second-order valence-electron chi connectivity index (χ2n) is 4.46. The maximum Gasteiger partial charge on any atom is 0.128 e. The van der Waals surface area contributed by atoms with Crippen molar-refractivity contribution in [1.29, 1.82) is 0 Å². The molecule has 14 heavy (non-hydrogen) atoms. The van der Waals surface area contributed by atoms with E-state index in [1.165, 1.54) is 0 Å². The van der Waals surface area contributed by atoms with Crippen molar-refractivity contribution in [1.82, 2.24) is 0 Å². The Morgan fingerprint density at radius 1 is 1.36 bits per heavy atom. The molecule has 1 aliphatic rings. The van der Waals surface area contributed by atoms with Gasteiger partial charge < -0.3 is 10.5 Å². The van der Waals surface area contributed by atoms with Gasteiger partial charge in [0.15, 0.2) is 0 Å². The predicted octanol–water partition coefficient (Wildman–Crippen LogP) is 2.49. The summed E-state index contributed by atoms with van der Waals surface area (Å²) in [6.45, 7) is 6.37. The zero-order valence-corrected chi connectivity index (χ0v) is 8.95. The minimum atomic E-state index is -0.260. The number of ether oxygens (including phenoxy) is 1. The summed E-state index contributed by atoms with van der Waals surface area (Å²) < 4.78 is 5.94. The molecule has 0 saturated heterocycles. The topological polar surface area (TPSA) is 35.2 Å². The molecule has 0 aliphatic carbocycles. The molecular weight excluding hydrogens is 174 g/mol. The smallest absolute Gasteiger partial charge is 0.128 e. The van der Waals surface area contributed by atoms with Crippen LogP contribution >= 0.6 is 0 Å². The summed E-state index contributed by atoms with van der Waals surface area (Å²) in [5, 5.41) is 0. The first kappa shape index (κ1) is 9.53. The Morgan fingerprint density at radius 2 is 2.00 bits per heavy atom. The van der Waals surface area contributed by atoms with E-state index in [9.17, 15) is 0 Å². The Bertz CT molecular complexity index is 348. The van der Waals surface area contributed by atoms with Gasteiger partial charge in [0, 0.05) is 5.56 Å². The van der Waals surface area contributed by atoms with Crippen molar-refractivity contribution >= 4 is 0 Å². The highest BCUT2D eigenvalue weighted by Gasteiger charge is 2.44. The molecule has 2 nitrogen and oxygen atoms in total. The number of hydrogen-bond acceptors (Lipinski definition) is 2. The minimum Gasteiger partial charge on any atom is -0.485 e. The molecule has 1 aromatic rings. The van der Waals surface area contributed by atoms with Crippen LogP contribution in [0.5, 0.6) is 5.75 Å². The van der Waals surface area contributed by atoms with Gasteiger partial charge in [0.25, 0.3) is 0 Å². The molecule has 0 amide bonds. The lowest BCUT2D eigenvalue weighted by atomic mass is 9.84. The second-order valence-corrected chi connectivity index (χ2v) is 4.46. The number of benzene rings is 1. The van der Waals surface area contributed by atoms with Crippen LogP contribution in [0.25, 0.3) is 0 Å². The van der Waals surface area contributed by atoms with Gasteiger partial charge in [-0.15, -0.1) is 0 Å². The monoisotopic (exact) mass is 191 g/mol. The molecule has 2 N–H and O–H groups in total. The third-order valence-corrected chi connectivity index (χ3v) is 3.35. The van der Waals surface area contributed by atoms with Crippen LogP contribution in [0.3, 0.4) is 0 Å². The largest absolute Gasteiger partial charge is 0.485 e. The molecular formula is C12H17NO. The standard InChI is InChI=1S/C12H17NO/c1-8(2)12(3)11(13)9-6-4-5-7-10(9)14-12/h4-8,11H,13H2,1-3H3/t11-,12?/m1/s1. The van der Waals surface area contributed by atoms with Gasteiger partial charge in [-0.3, -0.25) is 0 Å². The molecule has 0 radical (unpaired) electrons. The van der Waals surface area contributed by atoms with Crippen LogP contribution in [0.1, 0.15) is 32.4 Å². The van der Waals surface area contributed by atoms with E-state index >= 15 is 0 Å². The van der Waals surface area contributed by atoms with E-state index in [-0.39, 0.29) is 11.6 Å². The number of para-hydroxylation sites is 1. The quantitative estimate of drug-likeness (QED) is 0.740. The molecule has 1 aromatic carbocycles. The van der Waals surface area contributed by atoms with E-state index in [1.807, 2.05) is 24.3 Å². The van der Waals surface area contributed by atoms with Crippen molar-refractivity contribution in [3.05, 3.63) is 29.8 Å². The molecule has 0 fully saturated rings. The van der Waals surface area contributed by atoms with Crippen LogP contribution in [-0.4, -0.2) is 5.60 Å².